The minimum atomic E-state index is -1.51. The Morgan fingerprint density at radius 3 is 1.24 bits per heavy atom. The fourth-order valence-corrected chi connectivity index (χ4v) is 6.33. The van der Waals surface area contributed by atoms with Gasteiger partial charge in [-0.25, -0.2) is 0 Å². The molecule has 10 atom stereocenters. The van der Waals surface area contributed by atoms with Crippen molar-refractivity contribution in [1.29, 1.82) is 0 Å². The van der Waals surface area contributed by atoms with Crippen molar-refractivity contribution in [2.24, 2.45) is 0 Å². The first-order valence-electron chi connectivity index (χ1n) is 17.2. The van der Waals surface area contributed by atoms with Crippen molar-refractivity contribution in [1.82, 2.24) is 0 Å². The fourth-order valence-electron chi connectivity index (χ4n) is 6.33. The van der Waals surface area contributed by atoms with Crippen molar-refractivity contribution in [3.05, 3.63) is 144 Å². The Hall–Kier alpha value is -3.56. The molecule has 2 aliphatic heterocycles. The number of ether oxygens (including phenoxy) is 7. The molecule has 2 aliphatic rings. The van der Waals surface area contributed by atoms with E-state index in [1.54, 1.807) is 0 Å². The van der Waals surface area contributed by atoms with Gasteiger partial charge in [-0.1, -0.05) is 121 Å². The molecule has 0 aliphatic carbocycles. The number of aliphatic hydroxyl groups excluding tert-OH is 4. The zero-order valence-corrected chi connectivity index (χ0v) is 28.2. The van der Waals surface area contributed by atoms with Gasteiger partial charge in [-0.2, -0.15) is 0 Å². The Balaban J connectivity index is 1.29. The Bertz CT molecular complexity index is 1550. The van der Waals surface area contributed by atoms with Crippen LogP contribution in [0.2, 0.25) is 0 Å². The van der Waals surface area contributed by atoms with Gasteiger partial charge in [0.05, 0.1) is 39.6 Å². The first-order valence-corrected chi connectivity index (χ1v) is 17.2. The van der Waals surface area contributed by atoms with Crippen LogP contribution in [0, 0.1) is 0 Å². The maximum atomic E-state index is 11.9. The molecule has 0 aromatic heterocycles. The Morgan fingerprint density at radius 2 is 0.804 bits per heavy atom. The molecule has 4 aromatic rings. The summed E-state index contributed by atoms with van der Waals surface area (Å²) < 4.78 is 44.0. The maximum Gasteiger partial charge on any atom is 0.187 e. The number of rotatable bonds is 16. The van der Waals surface area contributed by atoms with Crippen LogP contribution in [0.15, 0.2) is 121 Å². The molecular weight excluding hydrogens is 656 g/mol. The molecule has 6 rings (SSSR count). The molecule has 4 N–H and O–H groups in total. The lowest BCUT2D eigenvalue weighted by Crippen LogP contribution is -2.66. The molecule has 2 heterocycles. The number of aliphatic hydroxyl groups is 4. The van der Waals surface area contributed by atoms with Crippen molar-refractivity contribution in [2.75, 3.05) is 13.2 Å². The molecule has 272 valence electrons. The standard InChI is InChI=1S/C40H46O11/c41-21-31-34(45-23-27-13-5-1-6-14-27)33(43)36(47-25-29-17-9-3-10-18-29)40(50-31)51-37-35(46-24-28-15-7-2-8-16-28)32(22-42)49-39(44)38(37)48-26-30-19-11-4-12-20-30/h1-20,31-44H,21-26H2/t31-,32-,33+,34+,35+,36-,37+,38-,39-,40+/m1/s1. The third-order valence-electron chi connectivity index (χ3n) is 9.02. The normalized spacial score (nSPS) is 29.5. The minimum absolute atomic E-state index is 0.109. The van der Waals surface area contributed by atoms with E-state index in [0.29, 0.717) is 0 Å². The Labute approximate surface area is 297 Å². The molecule has 2 saturated heterocycles. The van der Waals surface area contributed by atoms with Crippen LogP contribution in [0.5, 0.6) is 0 Å². The molecule has 0 radical (unpaired) electrons. The molecule has 2 fully saturated rings. The summed E-state index contributed by atoms with van der Waals surface area (Å²) >= 11 is 0. The monoisotopic (exact) mass is 702 g/mol. The largest absolute Gasteiger partial charge is 0.394 e. The van der Waals surface area contributed by atoms with E-state index in [1.807, 2.05) is 121 Å². The van der Waals surface area contributed by atoms with Gasteiger partial charge in [-0.05, 0) is 22.3 Å². The van der Waals surface area contributed by atoms with Gasteiger partial charge in [0.15, 0.2) is 12.6 Å². The highest BCUT2D eigenvalue weighted by Crippen LogP contribution is 2.34. The molecule has 0 unspecified atom stereocenters. The third kappa shape index (κ3) is 9.86. The average Bonchev–Trinajstić information content (AvgIpc) is 3.18. The van der Waals surface area contributed by atoms with E-state index in [4.69, 9.17) is 33.2 Å². The van der Waals surface area contributed by atoms with Crippen LogP contribution in [-0.2, 0) is 59.6 Å². The van der Waals surface area contributed by atoms with Gasteiger partial charge >= 0.3 is 0 Å². The lowest BCUT2D eigenvalue weighted by Gasteiger charge is -2.48. The Morgan fingerprint density at radius 1 is 0.431 bits per heavy atom. The van der Waals surface area contributed by atoms with Crippen molar-refractivity contribution in [3.8, 4) is 0 Å². The zero-order valence-electron chi connectivity index (χ0n) is 28.2. The highest BCUT2D eigenvalue weighted by atomic mass is 16.7. The number of hydrogen-bond donors (Lipinski definition) is 4. The Kier molecular flexibility index (Phi) is 13.7. The van der Waals surface area contributed by atoms with Crippen LogP contribution in [0.1, 0.15) is 22.3 Å². The summed E-state index contributed by atoms with van der Waals surface area (Å²) in [7, 11) is 0. The predicted octanol–water partition coefficient (Wildman–Crippen LogP) is 3.50. The number of hydrogen-bond acceptors (Lipinski definition) is 11. The second-order valence-corrected chi connectivity index (χ2v) is 12.6. The highest BCUT2D eigenvalue weighted by Gasteiger charge is 2.53. The molecule has 0 amide bonds. The molecule has 0 saturated carbocycles. The van der Waals surface area contributed by atoms with E-state index in [0.717, 1.165) is 22.3 Å². The first-order chi connectivity index (χ1) is 25.0. The molecule has 11 heteroatoms. The summed E-state index contributed by atoms with van der Waals surface area (Å²) in [5, 5.41) is 44.0. The summed E-state index contributed by atoms with van der Waals surface area (Å²) in [6, 6.07) is 37.9. The van der Waals surface area contributed by atoms with Gasteiger partial charge in [-0.3, -0.25) is 0 Å². The quantitative estimate of drug-likeness (QED) is 0.136. The van der Waals surface area contributed by atoms with E-state index < -0.39 is 74.6 Å². The van der Waals surface area contributed by atoms with Gasteiger partial charge < -0.3 is 53.6 Å². The summed E-state index contributed by atoms with van der Waals surface area (Å²) in [5.74, 6) is 0. The van der Waals surface area contributed by atoms with Crippen LogP contribution in [-0.4, -0.2) is 95.1 Å². The van der Waals surface area contributed by atoms with E-state index in [2.05, 4.69) is 0 Å². The molecule has 11 nitrogen and oxygen atoms in total. The molecule has 0 bridgehead atoms. The van der Waals surface area contributed by atoms with Gasteiger partial charge in [-0.15, -0.1) is 0 Å². The lowest BCUT2D eigenvalue weighted by molar-refractivity contribution is -0.371. The lowest BCUT2D eigenvalue weighted by atomic mass is 9.96. The van der Waals surface area contributed by atoms with Gasteiger partial charge in [0.25, 0.3) is 0 Å². The smallest absolute Gasteiger partial charge is 0.187 e. The molecule has 4 aromatic carbocycles. The second-order valence-electron chi connectivity index (χ2n) is 12.6. The van der Waals surface area contributed by atoms with Crippen molar-refractivity contribution < 1.29 is 53.6 Å². The topological polar surface area (TPSA) is 146 Å². The van der Waals surface area contributed by atoms with Crippen molar-refractivity contribution in [2.45, 2.75) is 87.8 Å². The van der Waals surface area contributed by atoms with Crippen LogP contribution in [0.3, 0.4) is 0 Å². The van der Waals surface area contributed by atoms with E-state index in [9.17, 15) is 20.4 Å². The average molecular weight is 703 g/mol. The van der Waals surface area contributed by atoms with E-state index in [-0.39, 0.29) is 26.4 Å². The maximum absolute atomic E-state index is 11.9. The van der Waals surface area contributed by atoms with Crippen LogP contribution < -0.4 is 0 Å². The van der Waals surface area contributed by atoms with Gasteiger partial charge in [0, 0.05) is 0 Å². The van der Waals surface area contributed by atoms with E-state index >= 15 is 0 Å². The highest BCUT2D eigenvalue weighted by molar-refractivity contribution is 5.16. The SMILES string of the molecule is OC[C@H]1O[C@@H](O[C@@H]2[C@@H](OCc3ccccc3)[C@H](O)O[C@H](CO)[C@@H]2OCc2ccccc2)[C@H](OCc2ccccc2)[C@@H](O)[C@H]1OCc1ccccc1. The summed E-state index contributed by atoms with van der Waals surface area (Å²) in [6.45, 7) is -0.452. The first kappa shape index (κ1) is 37.2. The zero-order chi connectivity index (χ0) is 35.4. The van der Waals surface area contributed by atoms with E-state index in [1.165, 1.54) is 0 Å². The molecule has 51 heavy (non-hydrogen) atoms. The van der Waals surface area contributed by atoms with Gasteiger partial charge in [0.2, 0.25) is 0 Å². The van der Waals surface area contributed by atoms with Crippen LogP contribution in [0.4, 0.5) is 0 Å². The summed E-state index contributed by atoms with van der Waals surface area (Å²) in [4.78, 5) is 0. The predicted molar refractivity (Wildman–Crippen MR) is 185 cm³/mol. The summed E-state index contributed by atoms with van der Waals surface area (Å²) in [5.41, 5.74) is 3.45. The van der Waals surface area contributed by atoms with Crippen molar-refractivity contribution >= 4 is 0 Å². The second kappa shape index (κ2) is 18.8. The molecule has 0 spiro atoms. The third-order valence-corrected chi connectivity index (χ3v) is 9.02. The van der Waals surface area contributed by atoms with Crippen LogP contribution in [0.25, 0.3) is 0 Å². The van der Waals surface area contributed by atoms with Crippen LogP contribution >= 0.6 is 0 Å². The fraction of sp³-hybridized carbons (Fsp3) is 0.400. The molecular formula is C40H46O11. The van der Waals surface area contributed by atoms with Crippen molar-refractivity contribution in [3.63, 3.8) is 0 Å². The van der Waals surface area contributed by atoms with Gasteiger partial charge in [0.1, 0.15) is 48.8 Å². The summed E-state index contributed by atoms with van der Waals surface area (Å²) in [6.07, 6.45) is -11.4. The minimum Gasteiger partial charge on any atom is -0.394 e. The number of benzene rings is 4.